The van der Waals surface area contributed by atoms with Crippen LogP contribution in [0.5, 0.6) is 11.5 Å². The predicted molar refractivity (Wildman–Crippen MR) is 130 cm³/mol. The predicted octanol–water partition coefficient (Wildman–Crippen LogP) is 5.35. The van der Waals surface area contributed by atoms with E-state index >= 15 is 0 Å². The summed E-state index contributed by atoms with van der Waals surface area (Å²) in [5.41, 5.74) is 3.20. The minimum Gasteiger partial charge on any atom is -0.490 e. The van der Waals surface area contributed by atoms with Crippen LogP contribution in [0.4, 0.5) is 0 Å². The highest BCUT2D eigenvalue weighted by Gasteiger charge is 2.34. The lowest BCUT2D eigenvalue weighted by Gasteiger charge is -2.18. The summed E-state index contributed by atoms with van der Waals surface area (Å²) in [6.45, 7) is 12.6. The molecule has 3 aromatic rings. The number of amides is 1. The molecule has 0 bridgehead atoms. The topological polar surface area (TPSA) is 77.7 Å². The zero-order chi connectivity index (χ0) is 24.3. The van der Waals surface area contributed by atoms with Gasteiger partial charge in [-0.1, -0.05) is 44.1 Å². The first-order valence-corrected chi connectivity index (χ1v) is 11.9. The van der Waals surface area contributed by atoms with Crippen molar-refractivity contribution in [2.75, 3.05) is 19.8 Å². The fraction of sp³-hybridized carbons (Fsp3) is 0.444. The van der Waals surface area contributed by atoms with Crippen LogP contribution in [0.25, 0.3) is 11.5 Å². The Morgan fingerprint density at radius 3 is 2.41 bits per heavy atom. The number of hydrogen-bond donors (Lipinski definition) is 0. The van der Waals surface area contributed by atoms with Gasteiger partial charge in [0, 0.05) is 31.0 Å². The van der Waals surface area contributed by atoms with E-state index in [1.165, 1.54) is 5.56 Å². The number of nitrogens with zero attached hydrogens (tertiary/aromatic N) is 3. The van der Waals surface area contributed by atoms with Crippen molar-refractivity contribution in [3.8, 4) is 23.0 Å². The van der Waals surface area contributed by atoms with Crippen molar-refractivity contribution in [2.45, 2.75) is 58.9 Å². The Labute approximate surface area is 201 Å². The van der Waals surface area contributed by atoms with Crippen LogP contribution in [0.2, 0.25) is 0 Å². The zero-order valence-electron chi connectivity index (χ0n) is 20.6. The van der Waals surface area contributed by atoms with Crippen molar-refractivity contribution >= 4 is 5.91 Å². The number of carbonyl (C=O) groups excluding carboxylic acids is 1. The third-order valence-electron chi connectivity index (χ3n) is 6.00. The van der Waals surface area contributed by atoms with E-state index in [1.807, 2.05) is 49.1 Å². The minimum absolute atomic E-state index is 0.0812. The molecule has 34 heavy (non-hydrogen) atoms. The van der Waals surface area contributed by atoms with E-state index in [2.05, 4.69) is 43.0 Å². The van der Waals surface area contributed by atoms with Crippen molar-refractivity contribution in [3.63, 3.8) is 0 Å². The molecule has 0 spiro atoms. The quantitative estimate of drug-likeness (QED) is 0.448. The number of hydrogen-bond acceptors (Lipinski definition) is 6. The Morgan fingerprint density at radius 2 is 1.74 bits per heavy atom. The average Bonchev–Trinajstić information content (AvgIpc) is 3.43. The maximum Gasteiger partial charge on any atom is 0.257 e. The summed E-state index contributed by atoms with van der Waals surface area (Å²) in [5, 5.41) is 4.19. The molecule has 1 aromatic heterocycles. The van der Waals surface area contributed by atoms with Crippen LogP contribution in [0.1, 0.15) is 63.9 Å². The van der Waals surface area contributed by atoms with E-state index in [4.69, 9.17) is 14.0 Å². The fourth-order valence-corrected chi connectivity index (χ4v) is 4.14. The van der Waals surface area contributed by atoms with Crippen LogP contribution < -0.4 is 9.47 Å². The first-order valence-electron chi connectivity index (χ1n) is 11.9. The molecule has 1 atom stereocenters. The van der Waals surface area contributed by atoms with Gasteiger partial charge in [-0.05, 0) is 54.7 Å². The van der Waals surface area contributed by atoms with Gasteiger partial charge in [0.25, 0.3) is 5.89 Å². The average molecular weight is 464 g/mol. The van der Waals surface area contributed by atoms with Crippen molar-refractivity contribution in [3.05, 3.63) is 59.4 Å². The largest absolute Gasteiger partial charge is 0.490 e. The molecule has 0 radical (unpaired) electrons. The number of likely N-dealkylation sites (tertiary alicyclic amines) is 1. The highest BCUT2D eigenvalue weighted by atomic mass is 16.5. The number of rotatable bonds is 8. The second kappa shape index (κ2) is 9.87. The van der Waals surface area contributed by atoms with Gasteiger partial charge in [-0.3, -0.25) is 4.79 Å². The first-order chi connectivity index (χ1) is 16.3. The lowest BCUT2D eigenvalue weighted by molar-refractivity contribution is -0.128. The van der Waals surface area contributed by atoms with E-state index in [-0.39, 0.29) is 17.2 Å². The van der Waals surface area contributed by atoms with E-state index in [1.54, 1.807) is 0 Å². The van der Waals surface area contributed by atoms with Gasteiger partial charge in [0.1, 0.15) is 0 Å². The van der Waals surface area contributed by atoms with Gasteiger partial charge in [0.05, 0.1) is 13.2 Å². The van der Waals surface area contributed by atoms with Crippen molar-refractivity contribution in [1.82, 2.24) is 15.0 Å². The first kappa shape index (κ1) is 23.8. The summed E-state index contributed by atoms with van der Waals surface area (Å²) in [7, 11) is 0. The monoisotopic (exact) mass is 463 g/mol. The van der Waals surface area contributed by atoms with Gasteiger partial charge in [-0.15, -0.1) is 0 Å². The van der Waals surface area contributed by atoms with Gasteiger partial charge in [0.15, 0.2) is 17.3 Å². The van der Waals surface area contributed by atoms with Gasteiger partial charge in [-0.2, -0.15) is 4.98 Å². The highest BCUT2D eigenvalue weighted by Crippen LogP contribution is 2.32. The molecule has 1 saturated heterocycles. The lowest BCUT2D eigenvalue weighted by atomic mass is 9.87. The third-order valence-corrected chi connectivity index (χ3v) is 6.00. The Kier molecular flexibility index (Phi) is 6.91. The standard InChI is InChI=1S/C27H33N3O4/c1-6-32-22-13-8-18(14-23(22)33-7-2)16-30-17-20(15-24(30)31)25-28-26(34-29-25)19-9-11-21(12-10-19)27(3,4)5/h8-14,20H,6-7,15-17H2,1-5H3. The lowest BCUT2D eigenvalue weighted by Crippen LogP contribution is -2.24. The summed E-state index contributed by atoms with van der Waals surface area (Å²) in [4.78, 5) is 19.2. The molecule has 1 aliphatic heterocycles. The Morgan fingerprint density at radius 1 is 1.03 bits per heavy atom. The summed E-state index contributed by atoms with van der Waals surface area (Å²) < 4.78 is 16.9. The SMILES string of the molecule is CCOc1ccc(CN2CC(c3noc(-c4ccc(C(C)(C)C)cc4)n3)CC2=O)cc1OCC. The molecule has 0 N–H and O–H groups in total. The summed E-state index contributed by atoms with van der Waals surface area (Å²) >= 11 is 0. The maximum absolute atomic E-state index is 12.7. The zero-order valence-corrected chi connectivity index (χ0v) is 20.6. The number of aromatic nitrogens is 2. The maximum atomic E-state index is 12.7. The summed E-state index contributed by atoms with van der Waals surface area (Å²) in [5.74, 6) is 2.46. The van der Waals surface area contributed by atoms with Crippen LogP contribution in [-0.4, -0.2) is 40.7 Å². The Bertz CT molecular complexity index is 1130. The Balaban J connectivity index is 1.44. The van der Waals surface area contributed by atoms with Crippen LogP contribution in [0.3, 0.4) is 0 Å². The number of benzene rings is 2. The van der Waals surface area contributed by atoms with Gasteiger partial charge >= 0.3 is 0 Å². The molecular formula is C27H33N3O4. The fourth-order valence-electron chi connectivity index (χ4n) is 4.14. The summed E-state index contributed by atoms with van der Waals surface area (Å²) in [6.07, 6.45) is 0.372. The van der Waals surface area contributed by atoms with Crippen LogP contribution >= 0.6 is 0 Å². The minimum atomic E-state index is -0.0899. The van der Waals surface area contributed by atoms with E-state index < -0.39 is 0 Å². The van der Waals surface area contributed by atoms with Crippen molar-refractivity contribution < 1.29 is 18.8 Å². The third kappa shape index (κ3) is 5.24. The van der Waals surface area contributed by atoms with E-state index in [0.717, 1.165) is 11.1 Å². The molecule has 4 rings (SSSR count). The van der Waals surface area contributed by atoms with Crippen molar-refractivity contribution in [1.29, 1.82) is 0 Å². The van der Waals surface area contributed by atoms with Gasteiger partial charge in [0.2, 0.25) is 5.91 Å². The normalized spacial score (nSPS) is 16.2. The molecule has 1 fully saturated rings. The van der Waals surface area contributed by atoms with Crippen LogP contribution in [-0.2, 0) is 16.8 Å². The molecule has 180 valence electrons. The van der Waals surface area contributed by atoms with Crippen molar-refractivity contribution in [2.24, 2.45) is 0 Å². The molecule has 0 aliphatic carbocycles. The van der Waals surface area contributed by atoms with Gasteiger partial charge < -0.3 is 18.9 Å². The van der Waals surface area contributed by atoms with E-state index in [9.17, 15) is 4.79 Å². The molecular weight excluding hydrogens is 430 g/mol. The summed E-state index contributed by atoms with van der Waals surface area (Å²) in [6, 6.07) is 14.0. The second-order valence-electron chi connectivity index (χ2n) is 9.61. The molecule has 0 saturated carbocycles. The smallest absolute Gasteiger partial charge is 0.257 e. The highest BCUT2D eigenvalue weighted by molar-refractivity contribution is 5.79. The van der Waals surface area contributed by atoms with Gasteiger partial charge in [-0.25, -0.2) is 0 Å². The molecule has 1 aliphatic rings. The van der Waals surface area contributed by atoms with Crippen LogP contribution in [0, 0.1) is 0 Å². The molecule has 1 unspecified atom stereocenters. The number of ether oxygens (including phenoxy) is 2. The molecule has 7 heteroatoms. The molecule has 1 amide bonds. The van der Waals surface area contributed by atoms with Crippen LogP contribution in [0.15, 0.2) is 47.0 Å². The molecule has 2 aromatic carbocycles. The Hall–Kier alpha value is -3.35. The molecule has 2 heterocycles. The number of carbonyl (C=O) groups is 1. The van der Waals surface area contributed by atoms with E-state index in [0.29, 0.717) is 55.9 Å². The second-order valence-corrected chi connectivity index (χ2v) is 9.61. The molecule has 7 nitrogen and oxygen atoms in total.